The number of phenolic OH excluding ortho intramolecular Hbond substituents is 1. The standard InChI is InChI=1S/C27H33N3O7/c1-4-29(2)21-15-10-14-9-13-8-12(16-6-5-7-30(16)3)11-17(31)18(13)22(32)19(14)24(34)27(15,37)25(35)20(23(21)33)26(28)36/h8,11,14-16,21,31,33-34,37H,4-7,9-10H2,1-3H3,(H2,28,36)/t14-,15-,16?,21-,27-/m0/s1. The maximum atomic E-state index is 13.7. The summed E-state index contributed by atoms with van der Waals surface area (Å²) in [5.41, 5.74) is 3.44. The minimum Gasteiger partial charge on any atom is -0.510 e. The summed E-state index contributed by atoms with van der Waals surface area (Å²) in [6, 6.07) is 2.65. The highest BCUT2D eigenvalue weighted by molar-refractivity contribution is 6.24. The number of phenols is 1. The van der Waals surface area contributed by atoms with E-state index in [-0.39, 0.29) is 29.3 Å². The van der Waals surface area contributed by atoms with E-state index in [2.05, 4.69) is 4.90 Å². The second-order valence-electron chi connectivity index (χ2n) is 10.8. The number of benzene rings is 1. The number of likely N-dealkylation sites (tertiary alicyclic amines) is 1. The van der Waals surface area contributed by atoms with Crippen molar-refractivity contribution in [2.75, 3.05) is 27.2 Å². The summed E-state index contributed by atoms with van der Waals surface area (Å²) in [6.07, 6.45) is 2.36. The van der Waals surface area contributed by atoms with Crippen LogP contribution in [0.25, 0.3) is 0 Å². The zero-order valence-electron chi connectivity index (χ0n) is 21.2. The second kappa shape index (κ2) is 8.68. The maximum Gasteiger partial charge on any atom is 0.255 e. The van der Waals surface area contributed by atoms with E-state index in [4.69, 9.17) is 5.73 Å². The van der Waals surface area contributed by atoms with Crippen LogP contribution >= 0.6 is 0 Å². The van der Waals surface area contributed by atoms with Gasteiger partial charge in [-0.3, -0.25) is 24.2 Å². The summed E-state index contributed by atoms with van der Waals surface area (Å²) < 4.78 is 0. The largest absolute Gasteiger partial charge is 0.510 e. The first-order chi connectivity index (χ1) is 17.4. The number of aliphatic hydroxyl groups is 3. The number of nitrogens with zero attached hydrogens (tertiary/aromatic N) is 2. The van der Waals surface area contributed by atoms with E-state index in [9.17, 15) is 34.8 Å². The van der Waals surface area contributed by atoms with Gasteiger partial charge in [0.05, 0.1) is 11.6 Å². The molecule has 5 rings (SSSR count). The molecule has 1 amide bonds. The van der Waals surface area contributed by atoms with Gasteiger partial charge in [-0.15, -0.1) is 0 Å². The Balaban J connectivity index is 1.66. The summed E-state index contributed by atoms with van der Waals surface area (Å²) >= 11 is 0. The van der Waals surface area contributed by atoms with Gasteiger partial charge in [-0.1, -0.05) is 13.0 Å². The molecule has 1 fully saturated rings. The molecule has 0 radical (unpaired) electrons. The number of likely N-dealkylation sites (N-methyl/N-ethyl adjacent to an activating group) is 1. The van der Waals surface area contributed by atoms with Crippen molar-refractivity contribution in [3.8, 4) is 5.75 Å². The molecule has 10 heteroatoms. The predicted octanol–water partition coefficient (Wildman–Crippen LogP) is 1.28. The molecule has 1 heterocycles. The molecule has 10 nitrogen and oxygen atoms in total. The van der Waals surface area contributed by atoms with Crippen molar-refractivity contribution >= 4 is 17.5 Å². The van der Waals surface area contributed by atoms with Gasteiger partial charge >= 0.3 is 0 Å². The number of primary amides is 1. The lowest BCUT2D eigenvalue weighted by atomic mass is 9.58. The van der Waals surface area contributed by atoms with Crippen LogP contribution in [-0.2, 0) is 16.0 Å². The molecule has 0 bridgehead atoms. The van der Waals surface area contributed by atoms with Gasteiger partial charge in [0.15, 0.2) is 11.4 Å². The minimum atomic E-state index is -2.62. The molecule has 1 unspecified atom stereocenters. The number of rotatable bonds is 4. The number of carbonyl (C=O) groups excluding carboxylic acids is 3. The Kier molecular flexibility index (Phi) is 5.97. The normalized spacial score (nSPS) is 32.0. The lowest BCUT2D eigenvalue weighted by molar-refractivity contribution is -0.148. The number of hydrogen-bond donors (Lipinski definition) is 5. The van der Waals surface area contributed by atoms with E-state index >= 15 is 0 Å². The maximum absolute atomic E-state index is 13.7. The van der Waals surface area contributed by atoms with Crippen LogP contribution in [0.5, 0.6) is 5.75 Å². The number of Topliss-reactive ketones (excluding diaryl/α,β-unsaturated/α-hetero) is 2. The highest BCUT2D eigenvalue weighted by Crippen LogP contribution is 2.52. The first-order valence-electron chi connectivity index (χ1n) is 12.7. The highest BCUT2D eigenvalue weighted by Gasteiger charge is 2.63. The zero-order chi connectivity index (χ0) is 27.0. The summed E-state index contributed by atoms with van der Waals surface area (Å²) in [4.78, 5) is 43.0. The van der Waals surface area contributed by atoms with Gasteiger partial charge < -0.3 is 26.2 Å². The van der Waals surface area contributed by atoms with Crippen LogP contribution in [0, 0.1) is 11.8 Å². The molecule has 4 aliphatic rings. The molecule has 198 valence electrons. The number of hydrogen-bond acceptors (Lipinski definition) is 9. The van der Waals surface area contributed by atoms with Gasteiger partial charge in [-0.2, -0.15) is 0 Å². The molecule has 0 aromatic heterocycles. The number of carbonyl (C=O) groups is 3. The molecule has 5 atom stereocenters. The van der Waals surface area contributed by atoms with Gasteiger partial charge in [0, 0.05) is 17.5 Å². The molecule has 6 N–H and O–H groups in total. The Morgan fingerprint density at radius 3 is 2.54 bits per heavy atom. The van der Waals surface area contributed by atoms with E-state index in [0.29, 0.717) is 18.5 Å². The minimum absolute atomic E-state index is 0.0447. The van der Waals surface area contributed by atoms with Gasteiger partial charge in [-0.25, -0.2) is 0 Å². The Hall–Kier alpha value is -3.21. The van der Waals surface area contributed by atoms with Crippen LogP contribution in [0.2, 0.25) is 0 Å². The van der Waals surface area contributed by atoms with Crippen LogP contribution in [0.4, 0.5) is 0 Å². The Morgan fingerprint density at radius 2 is 1.95 bits per heavy atom. The van der Waals surface area contributed by atoms with Gasteiger partial charge in [-0.05, 0) is 76.0 Å². The number of aromatic hydroxyl groups is 1. The molecule has 0 spiro atoms. The quantitative estimate of drug-likeness (QED) is 0.374. The molecule has 1 aliphatic heterocycles. The third kappa shape index (κ3) is 3.46. The first-order valence-corrected chi connectivity index (χ1v) is 12.7. The fraction of sp³-hybridized carbons (Fsp3) is 0.519. The third-order valence-corrected chi connectivity index (χ3v) is 8.87. The molecule has 3 aliphatic carbocycles. The fourth-order valence-corrected chi connectivity index (χ4v) is 6.93. The molecular weight excluding hydrogens is 478 g/mol. The summed E-state index contributed by atoms with van der Waals surface area (Å²) in [7, 11) is 3.68. The molecule has 1 aromatic carbocycles. The van der Waals surface area contributed by atoms with E-state index < -0.39 is 58.0 Å². The predicted molar refractivity (Wildman–Crippen MR) is 133 cm³/mol. The topological polar surface area (TPSA) is 165 Å². The van der Waals surface area contributed by atoms with Crippen LogP contribution in [-0.4, -0.2) is 86.5 Å². The molecule has 0 saturated carbocycles. The van der Waals surface area contributed by atoms with E-state index in [1.807, 2.05) is 13.1 Å². The monoisotopic (exact) mass is 511 g/mol. The van der Waals surface area contributed by atoms with Crippen molar-refractivity contribution in [1.29, 1.82) is 0 Å². The number of nitrogens with two attached hydrogens (primary N) is 1. The highest BCUT2D eigenvalue weighted by atomic mass is 16.3. The number of fused-ring (bicyclic) bond motifs is 3. The Labute approximate surface area is 214 Å². The molecule has 1 saturated heterocycles. The van der Waals surface area contributed by atoms with Crippen LogP contribution in [0.15, 0.2) is 34.8 Å². The summed E-state index contributed by atoms with van der Waals surface area (Å²) in [5.74, 6) is -6.31. The van der Waals surface area contributed by atoms with Gasteiger partial charge in [0.25, 0.3) is 5.91 Å². The summed E-state index contributed by atoms with van der Waals surface area (Å²) in [5, 5.41) is 44.9. The first kappa shape index (κ1) is 25.4. The number of amides is 1. The average Bonchev–Trinajstić information content (AvgIpc) is 3.26. The molecule has 1 aromatic rings. The van der Waals surface area contributed by atoms with Crippen molar-refractivity contribution in [3.05, 3.63) is 51.5 Å². The molecule has 37 heavy (non-hydrogen) atoms. The van der Waals surface area contributed by atoms with Crippen molar-refractivity contribution in [3.63, 3.8) is 0 Å². The summed E-state index contributed by atoms with van der Waals surface area (Å²) in [6.45, 7) is 3.15. The van der Waals surface area contributed by atoms with Crippen molar-refractivity contribution in [2.24, 2.45) is 17.6 Å². The fourth-order valence-electron chi connectivity index (χ4n) is 6.93. The zero-order valence-corrected chi connectivity index (χ0v) is 21.2. The number of allylic oxidation sites excluding steroid dienone is 1. The van der Waals surface area contributed by atoms with Crippen LogP contribution in [0.1, 0.15) is 53.7 Å². The second-order valence-corrected chi connectivity index (χ2v) is 10.8. The van der Waals surface area contributed by atoms with E-state index in [1.165, 1.54) is 0 Å². The van der Waals surface area contributed by atoms with Gasteiger partial charge in [0.1, 0.15) is 22.8 Å². The lowest BCUT2D eigenvalue weighted by Crippen LogP contribution is -2.64. The van der Waals surface area contributed by atoms with E-state index in [0.717, 1.165) is 24.9 Å². The molecular formula is C27H33N3O7. The number of ketones is 2. The van der Waals surface area contributed by atoms with Crippen LogP contribution in [0.3, 0.4) is 0 Å². The average molecular weight is 512 g/mol. The van der Waals surface area contributed by atoms with Crippen molar-refractivity contribution in [2.45, 2.75) is 50.3 Å². The van der Waals surface area contributed by atoms with Crippen molar-refractivity contribution < 1.29 is 34.8 Å². The third-order valence-electron chi connectivity index (χ3n) is 8.87. The SMILES string of the molecule is CCN(C)[C@@H]1C(O)=C(C(N)=O)C(=O)[C@@]2(O)C(O)=C3C(=O)c4c(O)cc(C5CCCN5C)cc4C[C@H]3C[C@@H]12. The van der Waals surface area contributed by atoms with Gasteiger partial charge in [0.2, 0.25) is 5.78 Å². The smallest absolute Gasteiger partial charge is 0.255 e. The Bertz CT molecular complexity index is 1280. The van der Waals surface area contributed by atoms with Crippen molar-refractivity contribution in [1.82, 2.24) is 9.80 Å². The van der Waals surface area contributed by atoms with E-state index in [1.54, 1.807) is 24.9 Å². The Morgan fingerprint density at radius 1 is 1.24 bits per heavy atom. The lowest BCUT2D eigenvalue weighted by Gasteiger charge is -2.50. The number of aliphatic hydroxyl groups excluding tert-OH is 2. The van der Waals surface area contributed by atoms with Crippen LogP contribution < -0.4 is 5.73 Å².